The summed E-state index contributed by atoms with van der Waals surface area (Å²) in [6.07, 6.45) is 1.50. The van der Waals surface area contributed by atoms with Crippen molar-refractivity contribution in [2.45, 2.75) is 11.8 Å². The third kappa shape index (κ3) is 3.17. The van der Waals surface area contributed by atoms with Gasteiger partial charge in [-0.2, -0.15) is 0 Å². The Bertz CT molecular complexity index is 745. The summed E-state index contributed by atoms with van der Waals surface area (Å²) < 4.78 is 39.8. The third-order valence-electron chi connectivity index (χ3n) is 2.42. The smallest absolute Gasteiger partial charge is 0.262 e. The first-order valence-corrected chi connectivity index (χ1v) is 7.35. The molecule has 0 spiro atoms. The number of sulfonamides is 1. The van der Waals surface area contributed by atoms with Crippen LogP contribution in [0.2, 0.25) is 5.15 Å². The van der Waals surface area contributed by atoms with Crippen LogP contribution in [0.5, 0.6) is 0 Å². The average Bonchev–Trinajstić information content (AvgIpc) is 2.32. The van der Waals surface area contributed by atoms with Crippen LogP contribution in [0.15, 0.2) is 35.4 Å². The predicted molar refractivity (Wildman–Crippen MR) is 75.6 cm³/mol. The van der Waals surface area contributed by atoms with Crippen molar-refractivity contribution in [3.8, 4) is 0 Å². The molecule has 20 heavy (non-hydrogen) atoms. The number of halogens is 2. The Kier molecular flexibility index (Phi) is 3.82. The zero-order chi connectivity index (χ0) is 14.9. The van der Waals surface area contributed by atoms with Gasteiger partial charge in [0.1, 0.15) is 5.82 Å². The van der Waals surface area contributed by atoms with E-state index in [0.717, 1.165) is 23.8 Å². The van der Waals surface area contributed by atoms with Crippen molar-refractivity contribution in [3.05, 3.63) is 47.0 Å². The second kappa shape index (κ2) is 5.26. The minimum absolute atomic E-state index is 0.00329. The number of aromatic nitrogens is 1. The van der Waals surface area contributed by atoms with Gasteiger partial charge in [-0.15, -0.1) is 0 Å². The number of benzene rings is 1. The standard InChI is InChI=1S/C12H11ClFN3O2S/c1-7-2-11(12(13)16-6-7)17-20(18,19)10-4-8(14)3-9(15)5-10/h2-6,17H,15H2,1H3. The van der Waals surface area contributed by atoms with E-state index in [-0.39, 0.29) is 21.4 Å². The van der Waals surface area contributed by atoms with Gasteiger partial charge in [0, 0.05) is 11.9 Å². The SMILES string of the molecule is Cc1cnc(Cl)c(NS(=O)(=O)c2cc(N)cc(F)c2)c1. The highest BCUT2D eigenvalue weighted by molar-refractivity contribution is 7.92. The number of pyridine rings is 1. The Labute approximate surface area is 120 Å². The lowest BCUT2D eigenvalue weighted by molar-refractivity contribution is 0.595. The molecule has 0 saturated heterocycles. The Hall–Kier alpha value is -1.86. The number of hydrogen-bond donors (Lipinski definition) is 2. The summed E-state index contributed by atoms with van der Waals surface area (Å²) in [5, 5.41) is 0.00329. The molecule has 1 aromatic heterocycles. The Morgan fingerprint density at radius 2 is 2.00 bits per heavy atom. The summed E-state index contributed by atoms with van der Waals surface area (Å²) in [5.41, 5.74) is 6.29. The summed E-state index contributed by atoms with van der Waals surface area (Å²) in [7, 11) is -3.99. The number of nitrogens with two attached hydrogens (primary N) is 1. The molecule has 0 amide bonds. The van der Waals surface area contributed by atoms with E-state index in [1.807, 2.05) is 0 Å². The summed E-state index contributed by atoms with van der Waals surface area (Å²) in [6.45, 7) is 1.74. The number of nitrogen functional groups attached to an aromatic ring is 1. The van der Waals surface area contributed by atoms with Crippen LogP contribution in [0.1, 0.15) is 5.56 Å². The van der Waals surface area contributed by atoms with Crippen LogP contribution in [0.25, 0.3) is 0 Å². The largest absolute Gasteiger partial charge is 0.399 e. The number of rotatable bonds is 3. The fourth-order valence-corrected chi connectivity index (χ4v) is 2.90. The molecule has 0 fully saturated rings. The first-order chi connectivity index (χ1) is 9.28. The lowest BCUT2D eigenvalue weighted by Gasteiger charge is -2.10. The van der Waals surface area contributed by atoms with E-state index in [0.29, 0.717) is 0 Å². The number of anilines is 2. The molecule has 0 bridgehead atoms. The summed E-state index contributed by atoms with van der Waals surface area (Å²) in [5.74, 6) is -0.737. The predicted octanol–water partition coefficient (Wildman–Crippen LogP) is 2.57. The molecule has 1 heterocycles. The number of nitrogens with one attached hydrogen (secondary N) is 1. The summed E-state index contributed by atoms with van der Waals surface area (Å²) in [4.78, 5) is 3.55. The summed E-state index contributed by atoms with van der Waals surface area (Å²) >= 11 is 5.82. The van der Waals surface area contributed by atoms with Gasteiger partial charge in [-0.25, -0.2) is 17.8 Å². The highest BCUT2D eigenvalue weighted by Gasteiger charge is 2.18. The van der Waals surface area contributed by atoms with Gasteiger partial charge in [0.05, 0.1) is 10.6 Å². The van der Waals surface area contributed by atoms with E-state index >= 15 is 0 Å². The third-order valence-corrected chi connectivity index (χ3v) is 4.07. The fraction of sp³-hybridized carbons (Fsp3) is 0.0833. The summed E-state index contributed by atoms with van der Waals surface area (Å²) in [6, 6.07) is 4.58. The van der Waals surface area contributed by atoms with Crippen molar-refractivity contribution in [3.63, 3.8) is 0 Å². The van der Waals surface area contributed by atoms with Gasteiger partial charge in [0.2, 0.25) is 0 Å². The van der Waals surface area contributed by atoms with E-state index in [4.69, 9.17) is 17.3 Å². The van der Waals surface area contributed by atoms with Crippen LogP contribution in [0.3, 0.4) is 0 Å². The second-order valence-electron chi connectivity index (χ2n) is 4.18. The second-order valence-corrected chi connectivity index (χ2v) is 6.22. The van der Waals surface area contributed by atoms with Crippen LogP contribution in [-0.4, -0.2) is 13.4 Å². The number of aryl methyl sites for hydroxylation is 1. The lowest BCUT2D eigenvalue weighted by Crippen LogP contribution is -2.14. The van der Waals surface area contributed by atoms with Crippen molar-refractivity contribution < 1.29 is 12.8 Å². The number of nitrogens with zero attached hydrogens (tertiary/aromatic N) is 1. The molecular formula is C12H11ClFN3O2S. The van der Waals surface area contributed by atoms with Crippen LogP contribution in [-0.2, 0) is 10.0 Å². The molecule has 0 atom stereocenters. The van der Waals surface area contributed by atoms with E-state index in [1.165, 1.54) is 12.3 Å². The highest BCUT2D eigenvalue weighted by Crippen LogP contribution is 2.24. The molecule has 1 aromatic carbocycles. The molecule has 2 rings (SSSR count). The van der Waals surface area contributed by atoms with Gasteiger partial charge in [-0.1, -0.05) is 11.6 Å². The maximum absolute atomic E-state index is 13.2. The quantitative estimate of drug-likeness (QED) is 0.673. The zero-order valence-corrected chi connectivity index (χ0v) is 12.0. The molecule has 0 aliphatic rings. The normalized spacial score (nSPS) is 11.3. The Morgan fingerprint density at radius 1 is 1.30 bits per heavy atom. The van der Waals surface area contributed by atoms with Crippen molar-refractivity contribution in [1.82, 2.24) is 4.98 Å². The van der Waals surface area contributed by atoms with Crippen molar-refractivity contribution in [2.24, 2.45) is 0 Å². The monoisotopic (exact) mass is 315 g/mol. The van der Waals surface area contributed by atoms with E-state index in [2.05, 4.69) is 9.71 Å². The molecule has 3 N–H and O–H groups in total. The van der Waals surface area contributed by atoms with E-state index in [9.17, 15) is 12.8 Å². The van der Waals surface area contributed by atoms with Gasteiger partial charge >= 0.3 is 0 Å². The molecule has 5 nitrogen and oxygen atoms in total. The molecule has 106 valence electrons. The molecule has 0 aliphatic carbocycles. The van der Waals surface area contributed by atoms with E-state index in [1.54, 1.807) is 6.92 Å². The van der Waals surface area contributed by atoms with Crippen LogP contribution < -0.4 is 10.5 Å². The first kappa shape index (κ1) is 14.5. The molecule has 8 heteroatoms. The van der Waals surface area contributed by atoms with Gasteiger partial charge in [0.15, 0.2) is 5.15 Å². The van der Waals surface area contributed by atoms with Crippen LogP contribution in [0, 0.1) is 12.7 Å². The number of hydrogen-bond acceptors (Lipinski definition) is 4. The van der Waals surface area contributed by atoms with Gasteiger partial charge in [-0.3, -0.25) is 4.72 Å². The molecule has 2 aromatic rings. The van der Waals surface area contributed by atoms with Gasteiger partial charge in [0.25, 0.3) is 10.0 Å². The maximum Gasteiger partial charge on any atom is 0.262 e. The maximum atomic E-state index is 13.2. The van der Waals surface area contributed by atoms with Gasteiger partial charge in [-0.05, 0) is 36.8 Å². The lowest BCUT2D eigenvalue weighted by atomic mass is 10.3. The Balaban J connectivity index is 2.43. The minimum atomic E-state index is -3.99. The molecule has 0 aliphatic heterocycles. The molecule has 0 unspecified atom stereocenters. The van der Waals surface area contributed by atoms with E-state index < -0.39 is 15.8 Å². The minimum Gasteiger partial charge on any atom is -0.399 e. The average molecular weight is 316 g/mol. The molecule has 0 radical (unpaired) electrons. The van der Waals surface area contributed by atoms with Crippen LogP contribution >= 0.6 is 11.6 Å². The fourth-order valence-electron chi connectivity index (χ4n) is 1.57. The van der Waals surface area contributed by atoms with Crippen LogP contribution in [0.4, 0.5) is 15.8 Å². The van der Waals surface area contributed by atoms with Crippen molar-refractivity contribution >= 4 is 33.0 Å². The first-order valence-electron chi connectivity index (χ1n) is 5.49. The topological polar surface area (TPSA) is 85.1 Å². The Morgan fingerprint density at radius 3 is 2.65 bits per heavy atom. The molecule has 0 saturated carbocycles. The zero-order valence-electron chi connectivity index (χ0n) is 10.4. The van der Waals surface area contributed by atoms with Crippen molar-refractivity contribution in [2.75, 3.05) is 10.5 Å². The van der Waals surface area contributed by atoms with Gasteiger partial charge < -0.3 is 5.73 Å². The highest BCUT2D eigenvalue weighted by atomic mass is 35.5. The molecular weight excluding hydrogens is 305 g/mol. The van der Waals surface area contributed by atoms with Crippen molar-refractivity contribution in [1.29, 1.82) is 0 Å².